The van der Waals surface area contributed by atoms with E-state index in [1.54, 1.807) is 12.1 Å². The van der Waals surface area contributed by atoms with Crippen molar-refractivity contribution in [3.05, 3.63) is 36.1 Å². The van der Waals surface area contributed by atoms with Gasteiger partial charge < -0.3 is 14.6 Å². The van der Waals surface area contributed by atoms with Crippen molar-refractivity contribution in [1.29, 1.82) is 0 Å². The molecule has 2 aromatic rings. The zero-order chi connectivity index (χ0) is 11.5. The van der Waals surface area contributed by atoms with E-state index in [9.17, 15) is 9.50 Å². The molecule has 0 aliphatic heterocycles. The van der Waals surface area contributed by atoms with Crippen molar-refractivity contribution >= 4 is 10.8 Å². The van der Waals surface area contributed by atoms with Gasteiger partial charge in [0, 0.05) is 23.9 Å². The highest BCUT2D eigenvalue weighted by Crippen LogP contribution is 2.31. The number of fused-ring (bicyclic) bond motifs is 1. The molecular weight excluding hydrogens is 211 g/mol. The van der Waals surface area contributed by atoms with Gasteiger partial charge in [0.05, 0.1) is 0 Å². The van der Waals surface area contributed by atoms with E-state index in [4.69, 9.17) is 9.47 Å². The SMILES string of the molecule is COCOc1cc(O)c2cccc(F)c2c1. The summed E-state index contributed by atoms with van der Waals surface area (Å²) < 4.78 is 23.4. The molecule has 84 valence electrons. The van der Waals surface area contributed by atoms with Crippen LogP contribution in [0.4, 0.5) is 4.39 Å². The van der Waals surface area contributed by atoms with Crippen LogP contribution in [0.1, 0.15) is 0 Å². The second-order valence-electron chi connectivity index (χ2n) is 3.33. The van der Waals surface area contributed by atoms with E-state index in [1.807, 2.05) is 0 Å². The summed E-state index contributed by atoms with van der Waals surface area (Å²) in [5.74, 6) is -0.0317. The number of hydrogen-bond donors (Lipinski definition) is 1. The molecule has 0 radical (unpaired) electrons. The van der Waals surface area contributed by atoms with E-state index >= 15 is 0 Å². The smallest absolute Gasteiger partial charge is 0.188 e. The molecule has 0 unspecified atom stereocenters. The Balaban J connectivity index is 2.52. The first-order chi connectivity index (χ1) is 7.72. The van der Waals surface area contributed by atoms with Crippen LogP contribution in [0.3, 0.4) is 0 Å². The fourth-order valence-electron chi connectivity index (χ4n) is 1.51. The van der Waals surface area contributed by atoms with Gasteiger partial charge >= 0.3 is 0 Å². The highest BCUT2D eigenvalue weighted by atomic mass is 19.1. The molecule has 0 bridgehead atoms. The molecular formula is C12H11FO3. The minimum atomic E-state index is -0.393. The molecule has 0 saturated carbocycles. The number of benzene rings is 2. The topological polar surface area (TPSA) is 38.7 Å². The predicted octanol–water partition coefficient (Wildman–Crippen LogP) is 2.67. The molecule has 2 aromatic carbocycles. The van der Waals surface area contributed by atoms with Crippen LogP contribution in [0.5, 0.6) is 11.5 Å². The third kappa shape index (κ3) is 1.92. The molecule has 2 rings (SSSR count). The molecule has 0 aliphatic rings. The van der Waals surface area contributed by atoms with Gasteiger partial charge in [0.2, 0.25) is 0 Å². The number of ether oxygens (including phenoxy) is 2. The number of phenolic OH excluding ortho intramolecular Hbond substituents is 1. The largest absolute Gasteiger partial charge is 0.507 e. The van der Waals surface area contributed by atoms with Gasteiger partial charge in [0.25, 0.3) is 0 Å². The monoisotopic (exact) mass is 222 g/mol. The molecule has 0 aromatic heterocycles. The van der Waals surface area contributed by atoms with Gasteiger partial charge in [-0.15, -0.1) is 0 Å². The molecule has 0 fully saturated rings. The minimum Gasteiger partial charge on any atom is -0.507 e. The fourth-order valence-corrected chi connectivity index (χ4v) is 1.51. The second kappa shape index (κ2) is 4.37. The highest BCUT2D eigenvalue weighted by Gasteiger charge is 2.07. The van der Waals surface area contributed by atoms with Crippen LogP contribution in [0.15, 0.2) is 30.3 Å². The first-order valence-electron chi connectivity index (χ1n) is 4.75. The maximum Gasteiger partial charge on any atom is 0.188 e. The quantitative estimate of drug-likeness (QED) is 0.811. The number of aromatic hydroxyl groups is 1. The van der Waals surface area contributed by atoms with Crippen molar-refractivity contribution in [2.24, 2.45) is 0 Å². The molecule has 3 nitrogen and oxygen atoms in total. The molecule has 0 atom stereocenters. The number of methoxy groups -OCH3 is 1. The normalized spacial score (nSPS) is 10.6. The Kier molecular flexibility index (Phi) is 2.92. The lowest BCUT2D eigenvalue weighted by atomic mass is 10.1. The number of halogens is 1. The van der Waals surface area contributed by atoms with Crippen LogP contribution in [0.2, 0.25) is 0 Å². The Morgan fingerprint density at radius 3 is 2.81 bits per heavy atom. The van der Waals surface area contributed by atoms with Gasteiger partial charge in [0.1, 0.15) is 17.3 Å². The summed E-state index contributed by atoms with van der Waals surface area (Å²) in [7, 11) is 1.49. The Bertz CT molecular complexity index is 511. The summed E-state index contributed by atoms with van der Waals surface area (Å²) in [6.07, 6.45) is 0. The van der Waals surface area contributed by atoms with Gasteiger partial charge in [-0.1, -0.05) is 12.1 Å². The van der Waals surface area contributed by atoms with E-state index < -0.39 is 5.82 Å². The Morgan fingerprint density at radius 1 is 1.25 bits per heavy atom. The van der Waals surface area contributed by atoms with Gasteiger partial charge in [-0.3, -0.25) is 0 Å². The molecule has 0 spiro atoms. The molecule has 4 heteroatoms. The lowest BCUT2D eigenvalue weighted by Crippen LogP contribution is -1.98. The van der Waals surface area contributed by atoms with Crippen molar-refractivity contribution in [1.82, 2.24) is 0 Å². The first-order valence-corrected chi connectivity index (χ1v) is 4.75. The molecule has 16 heavy (non-hydrogen) atoms. The maximum atomic E-state index is 13.5. The van der Waals surface area contributed by atoms with Crippen molar-refractivity contribution in [3.63, 3.8) is 0 Å². The molecule has 1 N–H and O–H groups in total. The third-order valence-electron chi connectivity index (χ3n) is 2.24. The van der Waals surface area contributed by atoms with Crippen LogP contribution in [-0.4, -0.2) is 19.0 Å². The highest BCUT2D eigenvalue weighted by molar-refractivity contribution is 5.89. The summed E-state index contributed by atoms with van der Waals surface area (Å²) in [5.41, 5.74) is 0. The number of rotatable bonds is 3. The fraction of sp³-hybridized carbons (Fsp3) is 0.167. The van der Waals surface area contributed by atoms with E-state index in [-0.39, 0.29) is 12.5 Å². The lowest BCUT2D eigenvalue weighted by molar-refractivity contribution is 0.0511. The Morgan fingerprint density at radius 2 is 2.06 bits per heavy atom. The van der Waals surface area contributed by atoms with E-state index in [2.05, 4.69) is 0 Å². The average molecular weight is 222 g/mol. The van der Waals surface area contributed by atoms with E-state index in [1.165, 1.54) is 25.3 Å². The Labute approximate surface area is 92.0 Å². The van der Waals surface area contributed by atoms with Crippen LogP contribution in [0.25, 0.3) is 10.8 Å². The number of hydrogen-bond acceptors (Lipinski definition) is 3. The minimum absolute atomic E-state index is 0.0110. The molecule has 0 saturated heterocycles. The maximum absolute atomic E-state index is 13.5. The number of phenols is 1. The van der Waals surface area contributed by atoms with E-state index in [0.717, 1.165) is 0 Å². The van der Waals surface area contributed by atoms with Crippen molar-refractivity contribution in [2.45, 2.75) is 0 Å². The summed E-state index contributed by atoms with van der Waals surface area (Å²) >= 11 is 0. The third-order valence-corrected chi connectivity index (χ3v) is 2.24. The van der Waals surface area contributed by atoms with E-state index in [0.29, 0.717) is 16.5 Å². The van der Waals surface area contributed by atoms with Crippen molar-refractivity contribution in [3.8, 4) is 11.5 Å². The molecule has 0 amide bonds. The van der Waals surface area contributed by atoms with Crippen LogP contribution >= 0.6 is 0 Å². The zero-order valence-corrected chi connectivity index (χ0v) is 8.74. The first kappa shape index (κ1) is 10.7. The van der Waals surface area contributed by atoms with Crippen molar-refractivity contribution < 1.29 is 19.0 Å². The zero-order valence-electron chi connectivity index (χ0n) is 8.74. The average Bonchev–Trinajstić information content (AvgIpc) is 2.28. The van der Waals surface area contributed by atoms with Crippen LogP contribution < -0.4 is 4.74 Å². The lowest BCUT2D eigenvalue weighted by Gasteiger charge is -2.08. The summed E-state index contributed by atoms with van der Waals surface area (Å²) in [6, 6.07) is 7.49. The molecule has 0 aliphatic carbocycles. The molecule has 0 heterocycles. The van der Waals surface area contributed by atoms with Gasteiger partial charge in [-0.05, 0) is 12.1 Å². The van der Waals surface area contributed by atoms with Crippen LogP contribution in [-0.2, 0) is 4.74 Å². The standard InChI is InChI=1S/C12H11FO3/c1-15-7-16-8-5-10-9(12(14)6-8)3-2-4-11(10)13/h2-6,14H,7H2,1H3. The van der Waals surface area contributed by atoms with Crippen LogP contribution in [0, 0.1) is 5.82 Å². The van der Waals surface area contributed by atoms with Gasteiger partial charge in [-0.25, -0.2) is 4.39 Å². The van der Waals surface area contributed by atoms with Gasteiger partial charge in [-0.2, -0.15) is 0 Å². The second-order valence-corrected chi connectivity index (χ2v) is 3.33. The van der Waals surface area contributed by atoms with Crippen molar-refractivity contribution in [2.75, 3.05) is 13.9 Å². The summed E-state index contributed by atoms with van der Waals surface area (Å²) in [6.45, 7) is 0.0550. The van der Waals surface area contributed by atoms with Gasteiger partial charge in [0.15, 0.2) is 6.79 Å². The summed E-state index contributed by atoms with van der Waals surface area (Å²) in [5, 5.41) is 10.5. The summed E-state index contributed by atoms with van der Waals surface area (Å²) in [4.78, 5) is 0. The predicted molar refractivity (Wildman–Crippen MR) is 58.1 cm³/mol. The Hall–Kier alpha value is -1.81.